The predicted molar refractivity (Wildman–Crippen MR) is 115 cm³/mol. The third-order valence-electron chi connectivity index (χ3n) is 5.48. The number of aromatic amines is 1. The third kappa shape index (κ3) is 3.68. The van der Waals surface area contributed by atoms with Gasteiger partial charge >= 0.3 is 6.03 Å². The number of hydrogen-bond donors (Lipinski definition) is 2. The zero-order valence-corrected chi connectivity index (χ0v) is 16.9. The van der Waals surface area contributed by atoms with Crippen LogP contribution in [0.5, 0.6) is 5.88 Å². The molecule has 156 valence electrons. The summed E-state index contributed by atoms with van der Waals surface area (Å²) in [6.07, 6.45) is 2.38. The van der Waals surface area contributed by atoms with Crippen LogP contribution in [0.1, 0.15) is 11.1 Å². The van der Waals surface area contributed by atoms with Crippen LogP contribution in [0.15, 0.2) is 54.7 Å². The highest BCUT2D eigenvalue weighted by atomic mass is 19.1. The Balaban J connectivity index is 1.41. The van der Waals surface area contributed by atoms with Crippen molar-refractivity contribution < 1.29 is 13.9 Å². The number of hydrogen-bond acceptors (Lipinski definition) is 4. The Labute approximate surface area is 177 Å². The molecule has 0 spiro atoms. The Bertz CT molecular complexity index is 1250. The Kier molecular flexibility index (Phi) is 4.74. The summed E-state index contributed by atoms with van der Waals surface area (Å²) < 4.78 is 18.2. The standard InChI is InChI=1S/C23H20FN5O2/c1-31-21-7-4-15(12-25-21)22-18-10-16-13-29(9-8-14-2-5-17(24)6-3-14)23(30)26-19(16)11-20(18)27-28-22/h2-7,10-12H,8-9,13H2,1H3,(H,26,30)(H,27,28). The molecule has 2 aromatic carbocycles. The van der Waals surface area contributed by atoms with Crippen LogP contribution in [-0.2, 0) is 13.0 Å². The van der Waals surface area contributed by atoms with Crippen molar-refractivity contribution >= 4 is 22.6 Å². The van der Waals surface area contributed by atoms with Crippen LogP contribution >= 0.6 is 0 Å². The van der Waals surface area contributed by atoms with Gasteiger partial charge in [-0.05, 0) is 47.9 Å². The van der Waals surface area contributed by atoms with Crippen molar-refractivity contribution in [2.24, 2.45) is 0 Å². The number of aromatic nitrogens is 3. The molecule has 4 aromatic rings. The highest BCUT2D eigenvalue weighted by molar-refractivity contribution is 6.00. The maximum Gasteiger partial charge on any atom is 0.322 e. The number of carbonyl (C=O) groups is 1. The molecule has 5 rings (SSSR count). The number of benzene rings is 2. The van der Waals surface area contributed by atoms with Gasteiger partial charge in [-0.25, -0.2) is 14.2 Å². The van der Waals surface area contributed by atoms with E-state index in [1.165, 1.54) is 12.1 Å². The number of halogens is 1. The van der Waals surface area contributed by atoms with Gasteiger partial charge in [0, 0.05) is 42.0 Å². The lowest BCUT2D eigenvalue weighted by Crippen LogP contribution is -2.39. The first-order valence-electron chi connectivity index (χ1n) is 9.92. The largest absolute Gasteiger partial charge is 0.481 e. The number of fused-ring (bicyclic) bond motifs is 2. The summed E-state index contributed by atoms with van der Waals surface area (Å²) in [5.74, 6) is 0.279. The normalized spacial score (nSPS) is 13.2. The van der Waals surface area contributed by atoms with E-state index < -0.39 is 0 Å². The molecule has 0 bridgehead atoms. The molecular formula is C23H20FN5O2. The monoisotopic (exact) mass is 417 g/mol. The molecule has 8 heteroatoms. The SMILES string of the molecule is COc1ccc(-c2n[nH]c3cc4c(cc23)CN(CCc2ccc(F)cc2)C(=O)N4)cn1. The summed E-state index contributed by atoms with van der Waals surface area (Å²) in [4.78, 5) is 18.6. The number of rotatable bonds is 5. The summed E-state index contributed by atoms with van der Waals surface area (Å²) >= 11 is 0. The number of nitrogens with one attached hydrogen (secondary N) is 2. The summed E-state index contributed by atoms with van der Waals surface area (Å²) in [6, 6.07) is 13.9. The van der Waals surface area contributed by atoms with Crippen LogP contribution in [0.3, 0.4) is 0 Å². The van der Waals surface area contributed by atoms with Crippen LogP contribution in [0.2, 0.25) is 0 Å². The molecule has 3 heterocycles. The predicted octanol–water partition coefficient (Wildman–Crippen LogP) is 4.36. The van der Waals surface area contributed by atoms with E-state index in [1.54, 1.807) is 36.4 Å². The Morgan fingerprint density at radius 1 is 1.16 bits per heavy atom. The zero-order chi connectivity index (χ0) is 21.4. The van der Waals surface area contributed by atoms with Crippen molar-refractivity contribution in [1.29, 1.82) is 0 Å². The molecule has 1 aliphatic heterocycles. The van der Waals surface area contributed by atoms with Gasteiger partial charge in [0.2, 0.25) is 5.88 Å². The minimum atomic E-state index is -0.264. The van der Waals surface area contributed by atoms with E-state index in [-0.39, 0.29) is 11.8 Å². The van der Waals surface area contributed by atoms with Gasteiger partial charge in [0.15, 0.2) is 0 Å². The van der Waals surface area contributed by atoms with Crippen molar-refractivity contribution in [3.63, 3.8) is 0 Å². The number of nitrogens with zero attached hydrogens (tertiary/aromatic N) is 3. The maximum absolute atomic E-state index is 13.1. The van der Waals surface area contributed by atoms with Crippen LogP contribution in [0.4, 0.5) is 14.9 Å². The van der Waals surface area contributed by atoms with E-state index in [2.05, 4.69) is 26.6 Å². The highest BCUT2D eigenvalue weighted by Gasteiger charge is 2.24. The van der Waals surface area contributed by atoms with E-state index >= 15 is 0 Å². The average molecular weight is 417 g/mol. The first-order valence-corrected chi connectivity index (χ1v) is 9.92. The summed E-state index contributed by atoms with van der Waals surface area (Å²) in [7, 11) is 1.58. The van der Waals surface area contributed by atoms with E-state index in [1.807, 2.05) is 12.1 Å². The molecule has 0 fully saturated rings. The maximum atomic E-state index is 13.1. The molecule has 0 saturated carbocycles. The van der Waals surface area contributed by atoms with E-state index in [4.69, 9.17) is 4.74 Å². The van der Waals surface area contributed by atoms with Gasteiger partial charge in [-0.15, -0.1) is 0 Å². The number of carbonyl (C=O) groups excluding carboxylic acids is 1. The minimum absolute atomic E-state index is 0.145. The van der Waals surface area contributed by atoms with Gasteiger partial charge < -0.3 is 15.0 Å². The zero-order valence-electron chi connectivity index (χ0n) is 16.9. The smallest absolute Gasteiger partial charge is 0.322 e. The number of amides is 2. The lowest BCUT2D eigenvalue weighted by molar-refractivity contribution is 0.207. The molecule has 0 radical (unpaired) electrons. The molecule has 0 atom stereocenters. The molecule has 2 amide bonds. The van der Waals surface area contributed by atoms with Crippen molar-refractivity contribution in [2.75, 3.05) is 19.0 Å². The number of methoxy groups -OCH3 is 1. The number of ether oxygens (including phenoxy) is 1. The second-order valence-corrected chi connectivity index (χ2v) is 7.44. The first kappa shape index (κ1) is 19.0. The van der Waals surface area contributed by atoms with Crippen molar-refractivity contribution in [2.45, 2.75) is 13.0 Å². The second kappa shape index (κ2) is 7.71. The Morgan fingerprint density at radius 2 is 2.00 bits per heavy atom. The van der Waals surface area contributed by atoms with Crippen LogP contribution < -0.4 is 10.1 Å². The number of H-pyrrole nitrogens is 1. The lowest BCUT2D eigenvalue weighted by atomic mass is 10.0. The molecule has 1 aliphatic rings. The van der Waals surface area contributed by atoms with Gasteiger partial charge in [-0.1, -0.05) is 12.1 Å². The summed E-state index contributed by atoms with van der Waals surface area (Å²) in [6.45, 7) is 1.03. The fraction of sp³-hybridized carbons (Fsp3) is 0.174. The van der Waals surface area contributed by atoms with Gasteiger partial charge in [-0.2, -0.15) is 5.10 Å². The number of anilines is 1. The van der Waals surface area contributed by atoms with E-state index in [0.717, 1.165) is 39.0 Å². The van der Waals surface area contributed by atoms with Gasteiger partial charge in [0.1, 0.15) is 11.5 Å². The Morgan fingerprint density at radius 3 is 2.74 bits per heavy atom. The lowest BCUT2D eigenvalue weighted by Gasteiger charge is -2.29. The molecular weight excluding hydrogens is 397 g/mol. The topological polar surface area (TPSA) is 83.1 Å². The molecule has 0 aliphatic carbocycles. The second-order valence-electron chi connectivity index (χ2n) is 7.44. The molecule has 0 unspecified atom stereocenters. The highest BCUT2D eigenvalue weighted by Crippen LogP contribution is 2.33. The summed E-state index contributed by atoms with van der Waals surface area (Å²) in [5.41, 5.74) is 5.28. The molecule has 2 aromatic heterocycles. The number of urea groups is 1. The van der Waals surface area contributed by atoms with Gasteiger partial charge in [-0.3, -0.25) is 5.10 Å². The van der Waals surface area contributed by atoms with Crippen LogP contribution in [0, 0.1) is 5.82 Å². The van der Waals surface area contributed by atoms with Crippen molar-refractivity contribution in [3.8, 4) is 17.1 Å². The van der Waals surface area contributed by atoms with Crippen LogP contribution in [0.25, 0.3) is 22.2 Å². The third-order valence-corrected chi connectivity index (χ3v) is 5.48. The van der Waals surface area contributed by atoms with Gasteiger partial charge in [0.25, 0.3) is 0 Å². The Hall–Kier alpha value is -3.94. The quantitative estimate of drug-likeness (QED) is 0.505. The first-order chi connectivity index (χ1) is 15.1. The van der Waals surface area contributed by atoms with E-state index in [0.29, 0.717) is 25.4 Å². The van der Waals surface area contributed by atoms with Crippen molar-refractivity contribution in [3.05, 3.63) is 71.7 Å². The van der Waals surface area contributed by atoms with Crippen LogP contribution in [-0.4, -0.2) is 39.8 Å². The van der Waals surface area contributed by atoms with E-state index in [9.17, 15) is 9.18 Å². The van der Waals surface area contributed by atoms with Crippen molar-refractivity contribution in [1.82, 2.24) is 20.1 Å². The number of pyridine rings is 1. The molecule has 2 N–H and O–H groups in total. The fourth-order valence-electron chi connectivity index (χ4n) is 3.79. The summed E-state index contributed by atoms with van der Waals surface area (Å²) in [5, 5.41) is 11.4. The minimum Gasteiger partial charge on any atom is -0.481 e. The molecule has 0 saturated heterocycles. The average Bonchev–Trinajstić information content (AvgIpc) is 3.20. The molecule has 7 nitrogen and oxygen atoms in total. The fourth-order valence-corrected chi connectivity index (χ4v) is 3.79. The molecule has 31 heavy (non-hydrogen) atoms. The van der Waals surface area contributed by atoms with Gasteiger partial charge in [0.05, 0.1) is 12.6 Å².